The topological polar surface area (TPSA) is 70.4 Å². The number of methoxy groups -OCH3 is 1. The summed E-state index contributed by atoms with van der Waals surface area (Å²) >= 11 is 0. The second-order valence-corrected chi connectivity index (χ2v) is 7.58. The molecule has 2 heterocycles. The molecular weight excluding hydrogens is 388 g/mol. The Labute approximate surface area is 179 Å². The van der Waals surface area contributed by atoms with E-state index < -0.39 is 5.91 Å². The van der Waals surface area contributed by atoms with Crippen LogP contribution in [0.5, 0.6) is 5.75 Å². The number of hydrogen-bond donors (Lipinski definition) is 1. The van der Waals surface area contributed by atoms with Crippen LogP contribution in [0.2, 0.25) is 0 Å². The summed E-state index contributed by atoms with van der Waals surface area (Å²) in [7, 11) is 1.67. The van der Waals surface area contributed by atoms with E-state index in [1.165, 1.54) is 0 Å². The average Bonchev–Trinajstić information content (AvgIpc) is 3.41. The molecule has 2 aromatic heterocycles. The molecule has 0 saturated heterocycles. The molecule has 0 saturated carbocycles. The van der Waals surface area contributed by atoms with Crippen LogP contribution in [0.1, 0.15) is 21.5 Å². The number of aryl methyl sites for hydroxylation is 1. The summed E-state index contributed by atoms with van der Waals surface area (Å²) < 4.78 is 13.2. The molecule has 0 atom stereocenters. The smallest absolute Gasteiger partial charge is 0.249 e. The number of hydrogen-bond acceptors (Lipinski definition) is 3. The van der Waals surface area contributed by atoms with Crippen LogP contribution in [0.25, 0.3) is 33.1 Å². The zero-order valence-corrected chi connectivity index (χ0v) is 17.3. The molecule has 2 N–H and O–H groups in total. The van der Waals surface area contributed by atoms with Crippen molar-refractivity contribution in [1.29, 1.82) is 0 Å². The monoisotopic (exact) mass is 409 g/mol. The van der Waals surface area contributed by atoms with Crippen LogP contribution in [0.3, 0.4) is 0 Å². The Morgan fingerprint density at radius 1 is 1.13 bits per heavy atom. The van der Waals surface area contributed by atoms with E-state index in [2.05, 4.69) is 28.8 Å². The van der Waals surface area contributed by atoms with Crippen LogP contribution in [-0.4, -0.2) is 17.6 Å². The van der Waals surface area contributed by atoms with E-state index in [0.717, 1.165) is 50.0 Å². The molecular formula is C26H21N2O3. The lowest BCUT2D eigenvalue weighted by atomic mass is 10.0. The number of furan rings is 1. The molecule has 0 unspecified atom stereocenters. The highest BCUT2D eigenvalue weighted by molar-refractivity contribution is 6.18. The Balaban J connectivity index is 1.77. The molecule has 0 aliphatic rings. The minimum Gasteiger partial charge on any atom is -0.496 e. The minimum atomic E-state index is -0.451. The summed E-state index contributed by atoms with van der Waals surface area (Å²) in [5.41, 5.74) is 11.2. The number of ether oxygens (including phenoxy) is 1. The van der Waals surface area contributed by atoms with Gasteiger partial charge in [-0.15, -0.1) is 0 Å². The molecule has 3 aromatic carbocycles. The van der Waals surface area contributed by atoms with Crippen LogP contribution in [0.4, 0.5) is 0 Å². The van der Waals surface area contributed by atoms with Crippen molar-refractivity contribution in [3.63, 3.8) is 0 Å². The molecule has 5 heteroatoms. The molecule has 0 fully saturated rings. The van der Waals surface area contributed by atoms with E-state index in [9.17, 15) is 4.79 Å². The largest absolute Gasteiger partial charge is 0.496 e. The fourth-order valence-corrected chi connectivity index (χ4v) is 4.24. The molecule has 1 radical (unpaired) electrons. The summed E-state index contributed by atoms with van der Waals surface area (Å²) in [6, 6.07) is 22.9. The summed E-state index contributed by atoms with van der Waals surface area (Å²) in [6.07, 6.45) is 1.65. The SMILES string of the molecule is COc1ccc(Cn2c3cc(-c4ccco4)c[c]c3c3c(C(N)=O)cccc32)cc1C. The summed E-state index contributed by atoms with van der Waals surface area (Å²) in [6.45, 7) is 2.66. The number of nitrogens with zero attached hydrogens (tertiary/aromatic N) is 1. The van der Waals surface area contributed by atoms with Crippen LogP contribution < -0.4 is 10.5 Å². The second kappa shape index (κ2) is 7.36. The van der Waals surface area contributed by atoms with Gasteiger partial charge in [0, 0.05) is 28.4 Å². The molecule has 0 aliphatic carbocycles. The first-order valence-electron chi connectivity index (χ1n) is 10.0. The van der Waals surface area contributed by atoms with Crippen LogP contribution in [-0.2, 0) is 6.54 Å². The molecule has 5 aromatic rings. The van der Waals surface area contributed by atoms with Gasteiger partial charge in [-0.25, -0.2) is 0 Å². The van der Waals surface area contributed by atoms with E-state index in [-0.39, 0.29) is 0 Å². The Hall–Kier alpha value is -3.99. The van der Waals surface area contributed by atoms with Crippen molar-refractivity contribution in [3.8, 4) is 17.1 Å². The van der Waals surface area contributed by atoms with Crippen LogP contribution >= 0.6 is 0 Å². The fourth-order valence-electron chi connectivity index (χ4n) is 4.24. The molecule has 0 spiro atoms. The van der Waals surface area contributed by atoms with Crippen molar-refractivity contribution in [2.24, 2.45) is 5.73 Å². The number of benzene rings is 3. The van der Waals surface area contributed by atoms with E-state index in [0.29, 0.717) is 12.1 Å². The molecule has 1 amide bonds. The average molecular weight is 409 g/mol. The lowest BCUT2D eigenvalue weighted by Crippen LogP contribution is -2.11. The number of fused-ring (bicyclic) bond motifs is 3. The van der Waals surface area contributed by atoms with Gasteiger partial charge in [0.25, 0.3) is 0 Å². The standard InChI is InChI=1S/C26H21N2O3/c1-16-13-17(8-11-23(16)30-2)15-28-21-6-3-5-20(26(27)29)25(21)19-10-9-18(14-22(19)28)24-7-4-12-31-24/h3-9,11-14H,15H2,1-2H3,(H2,27,29). The van der Waals surface area contributed by atoms with Crippen molar-refractivity contribution in [3.05, 3.63) is 89.7 Å². The van der Waals surface area contributed by atoms with Crippen LogP contribution in [0.15, 0.2) is 71.3 Å². The maximum atomic E-state index is 12.2. The van der Waals surface area contributed by atoms with E-state index in [1.807, 2.05) is 43.3 Å². The number of rotatable bonds is 5. The summed E-state index contributed by atoms with van der Waals surface area (Å²) in [5.74, 6) is 1.18. The van der Waals surface area contributed by atoms with Gasteiger partial charge >= 0.3 is 0 Å². The minimum absolute atomic E-state index is 0.451. The Morgan fingerprint density at radius 2 is 2.00 bits per heavy atom. The highest BCUT2D eigenvalue weighted by Gasteiger charge is 2.18. The number of aromatic nitrogens is 1. The van der Waals surface area contributed by atoms with Gasteiger partial charge < -0.3 is 19.5 Å². The molecule has 153 valence electrons. The third-order valence-electron chi connectivity index (χ3n) is 5.67. The third kappa shape index (κ3) is 3.15. The normalized spacial score (nSPS) is 11.3. The number of carbonyl (C=O) groups excluding carboxylic acids is 1. The van der Waals surface area contributed by atoms with E-state index in [4.69, 9.17) is 14.9 Å². The van der Waals surface area contributed by atoms with Gasteiger partial charge in [0.05, 0.1) is 24.4 Å². The lowest BCUT2D eigenvalue weighted by Gasteiger charge is -2.11. The molecule has 5 nitrogen and oxygen atoms in total. The van der Waals surface area contributed by atoms with Crippen molar-refractivity contribution in [2.75, 3.05) is 7.11 Å². The molecule has 5 rings (SSSR count). The van der Waals surface area contributed by atoms with Gasteiger partial charge in [0.1, 0.15) is 11.5 Å². The zero-order valence-electron chi connectivity index (χ0n) is 17.3. The number of amides is 1. The lowest BCUT2D eigenvalue weighted by molar-refractivity contribution is 0.100. The fraction of sp³-hybridized carbons (Fsp3) is 0.115. The molecule has 0 aliphatic heterocycles. The summed E-state index contributed by atoms with van der Waals surface area (Å²) in [4.78, 5) is 12.2. The Bertz CT molecular complexity index is 1430. The third-order valence-corrected chi connectivity index (χ3v) is 5.67. The Morgan fingerprint density at radius 3 is 2.71 bits per heavy atom. The highest BCUT2D eigenvalue weighted by Crippen LogP contribution is 2.35. The number of carbonyl (C=O) groups is 1. The first kappa shape index (κ1) is 19.0. The first-order valence-corrected chi connectivity index (χ1v) is 10.0. The van der Waals surface area contributed by atoms with E-state index in [1.54, 1.807) is 19.4 Å². The van der Waals surface area contributed by atoms with Crippen molar-refractivity contribution in [1.82, 2.24) is 4.57 Å². The Kier molecular flexibility index (Phi) is 4.51. The van der Waals surface area contributed by atoms with Gasteiger partial charge in [-0.1, -0.05) is 18.2 Å². The number of nitrogens with two attached hydrogens (primary N) is 1. The van der Waals surface area contributed by atoms with Gasteiger partial charge in [-0.3, -0.25) is 4.79 Å². The van der Waals surface area contributed by atoms with E-state index >= 15 is 0 Å². The predicted octanol–water partition coefficient (Wildman–Crippen LogP) is 5.32. The highest BCUT2D eigenvalue weighted by atomic mass is 16.5. The predicted molar refractivity (Wildman–Crippen MR) is 121 cm³/mol. The van der Waals surface area contributed by atoms with Crippen molar-refractivity contribution in [2.45, 2.75) is 13.5 Å². The van der Waals surface area contributed by atoms with Crippen molar-refractivity contribution < 1.29 is 13.9 Å². The number of primary amides is 1. The van der Waals surface area contributed by atoms with Gasteiger partial charge in [0.15, 0.2) is 0 Å². The maximum Gasteiger partial charge on any atom is 0.249 e. The second-order valence-electron chi connectivity index (χ2n) is 7.58. The quantitative estimate of drug-likeness (QED) is 0.427. The van der Waals surface area contributed by atoms with Crippen LogP contribution in [0, 0.1) is 13.0 Å². The van der Waals surface area contributed by atoms with Gasteiger partial charge in [0.2, 0.25) is 5.91 Å². The maximum absolute atomic E-state index is 12.2. The zero-order chi connectivity index (χ0) is 21.5. The molecule has 0 bridgehead atoms. The summed E-state index contributed by atoms with van der Waals surface area (Å²) in [5, 5.41) is 1.69. The van der Waals surface area contributed by atoms with Crippen molar-refractivity contribution >= 4 is 27.7 Å². The van der Waals surface area contributed by atoms with Gasteiger partial charge in [-0.2, -0.15) is 0 Å². The molecule has 31 heavy (non-hydrogen) atoms. The van der Waals surface area contributed by atoms with Gasteiger partial charge in [-0.05, 0) is 66.6 Å². The first-order chi connectivity index (χ1) is 15.1.